The van der Waals surface area contributed by atoms with Crippen LogP contribution >= 0.6 is 0 Å². The van der Waals surface area contributed by atoms with E-state index in [1.54, 1.807) is 6.07 Å². The third kappa shape index (κ3) is 4.02. The molecule has 0 saturated heterocycles. The third-order valence-electron chi connectivity index (χ3n) is 3.09. The van der Waals surface area contributed by atoms with Crippen molar-refractivity contribution in [2.45, 2.75) is 19.4 Å². The van der Waals surface area contributed by atoms with Crippen molar-refractivity contribution < 1.29 is 0 Å². The SMILES string of the molecule is N#CCCN(CCCn1ccc(N)n1)c1ccccc1. The van der Waals surface area contributed by atoms with E-state index in [1.165, 1.54) is 0 Å². The summed E-state index contributed by atoms with van der Waals surface area (Å²) in [4.78, 5) is 2.23. The van der Waals surface area contributed by atoms with Crippen LogP contribution in [-0.4, -0.2) is 22.9 Å². The molecular formula is C15H19N5. The van der Waals surface area contributed by atoms with E-state index in [0.29, 0.717) is 12.2 Å². The zero-order valence-electron chi connectivity index (χ0n) is 11.4. The zero-order valence-corrected chi connectivity index (χ0v) is 11.4. The van der Waals surface area contributed by atoms with E-state index in [9.17, 15) is 0 Å². The predicted molar refractivity (Wildman–Crippen MR) is 80.1 cm³/mol. The molecule has 1 heterocycles. The number of para-hydroxylation sites is 1. The molecule has 5 heteroatoms. The van der Waals surface area contributed by atoms with Crippen LogP contribution in [0.4, 0.5) is 11.5 Å². The molecule has 2 aromatic rings. The molecule has 0 fully saturated rings. The fourth-order valence-corrected chi connectivity index (χ4v) is 2.12. The minimum Gasteiger partial charge on any atom is -0.382 e. The second-order valence-corrected chi connectivity index (χ2v) is 4.59. The summed E-state index contributed by atoms with van der Waals surface area (Å²) in [5.74, 6) is 0.550. The van der Waals surface area contributed by atoms with Gasteiger partial charge in [0.05, 0.1) is 12.5 Å². The van der Waals surface area contributed by atoms with Crippen LogP contribution < -0.4 is 10.6 Å². The molecule has 5 nitrogen and oxygen atoms in total. The van der Waals surface area contributed by atoms with E-state index in [-0.39, 0.29) is 0 Å². The van der Waals surface area contributed by atoms with E-state index < -0.39 is 0 Å². The Morgan fingerprint density at radius 2 is 2.00 bits per heavy atom. The minimum absolute atomic E-state index is 0.531. The maximum absolute atomic E-state index is 8.76. The number of hydrogen-bond donors (Lipinski definition) is 1. The maximum Gasteiger partial charge on any atom is 0.145 e. The summed E-state index contributed by atoms with van der Waals surface area (Å²) in [5, 5.41) is 12.9. The Bertz CT molecular complexity index is 555. The highest BCUT2D eigenvalue weighted by Crippen LogP contribution is 2.14. The number of rotatable bonds is 7. The molecule has 0 spiro atoms. The van der Waals surface area contributed by atoms with Crippen molar-refractivity contribution in [3.05, 3.63) is 42.6 Å². The third-order valence-corrected chi connectivity index (χ3v) is 3.09. The molecule has 0 aliphatic rings. The van der Waals surface area contributed by atoms with Crippen LogP contribution in [-0.2, 0) is 6.54 Å². The summed E-state index contributed by atoms with van der Waals surface area (Å²) < 4.78 is 1.85. The van der Waals surface area contributed by atoms with Crippen LogP contribution in [0, 0.1) is 11.3 Å². The minimum atomic E-state index is 0.531. The molecular weight excluding hydrogens is 250 g/mol. The number of nitrogens with two attached hydrogens (primary N) is 1. The van der Waals surface area contributed by atoms with Crippen LogP contribution in [0.3, 0.4) is 0 Å². The van der Waals surface area contributed by atoms with Crippen LogP contribution in [0.25, 0.3) is 0 Å². The monoisotopic (exact) mass is 269 g/mol. The molecule has 0 aliphatic heterocycles. The van der Waals surface area contributed by atoms with Crippen LogP contribution in [0.15, 0.2) is 42.6 Å². The number of aryl methyl sites for hydroxylation is 1. The van der Waals surface area contributed by atoms with Crippen LogP contribution in [0.2, 0.25) is 0 Å². The van der Waals surface area contributed by atoms with Gasteiger partial charge in [-0.1, -0.05) is 18.2 Å². The predicted octanol–water partition coefficient (Wildman–Crippen LogP) is 2.28. The van der Waals surface area contributed by atoms with E-state index in [0.717, 1.165) is 31.7 Å². The summed E-state index contributed by atoms with van der Waals surface area (Å²) in [5.41, 5.74) is 6.74. The highest BCUT2D eigenvalue weighted by Gasteiger charge is 2.05. The first-order chi connectivity index (χ1) is 9.79. The highest BCUT2D eigenvalue weighted by atomic mass is 15.3. The molecule has 0 saturated carbocycles. The van der Waals surface area contributed by atoms with Crippen molar-refractivity contribution in [1.82, 2.24) is 9.78 Å². The molecule has 0 radical (unpaired) electrons. The first-order valence-corrected chi connectivity index (χ1v) is 6.75. The maximum atomic E-state index is 8.76. The average molecular weight is 269 g/mol. The van der Waals surface area contributed by atoms with Crippen LogP contribution in [0.5, 0.6) is 0 Å². The molecule has 2 N–H and O–H groups in total. The molecule has 0 aliphatic carbocycles. The number of benzene rings is 1. The van der Waals surface area contributed by atoms with E-state index >= 15 is 0 Å². The summed E-state index contributed by atoms with van der Waals surface area (Å²) in [6, 6.07) is 14.2. The van der Waals surface area contributed by atoms with Crippen molar-refractivity contribution in [2.75, 3.05) is 23.7 Å². The number of hydrogen-bond acceptors (Lipinski definition) is 4. The lowest BCUT2D eigenvalue weighted by molar-refractivity contribution is 0.572. The quantitative estimate of drug-likeness (QED) is 0.837. The number of nitriles is 1. The Labute approximate surface area is 119 Å². The van der Waals surface area contributed by atoms with Gasteiger partial charge in [0.1, 0.15) is 5.82 Å². The van der Waals surface area contributed by atoms with Gasteiger partial charge in [0.15, 0.2) is 0 Å². The number of nitrogens with zero attached hydrogens (tertiary/aromatic N) is 4. The first kappa shape index (κ1) is 13.9. The van der Waals surface area contributed by atoms with Gasteiger partial charge < -0.3 is 10.6 Å². The normalized spacial score (nSPS) is 10.2. The number of anilines is 2. The smallest absolute Gasteiger partial charge is 0.145 e. The average Bonchev–Trinajstić information content (AvgIpc) is 2.89. The van der Waals surface area contributed by atoms with Crippen molar-refractivity contribution in [1.29, 1.82) is 5.26 Å². The topological polar surface area (TPSA) is 70.9 Å². The molecule has 0 amide bonds. The lowest BCUT2D eigenvalue weighted by atomic mass is 10.2. The van der Waals surface area contributed by atoms with Crippen molar-refractivity contribution in [3.8, 4) is 6.07 Å². The second kappa shape index (κ2) is 7.19. The van der Waals surface area contributed by atoms with Gasteiger partial charge in [0.25, 0.3) is 0 Å². The van der Waals surface area contributed by atoms with E-state index in [2.05, 4.69) is 28.2 Å². The van der Waals surface area contributed by atoms with Crippen molar-refractivity contribution in [3.63, 3.8) is 0 Å². The Hall–Kier alpha value is -2.48. The van der Waals surface area contributed by atoms with Gasteiger partial charge in [-0.25, -0.2) is 0 Å². The highest BCUT2D eigenvalue weighted by molar-refractivity contribution is 5.45. The lowest BCUT2D eigenvalue weighted by Gasteiger charge is -2.23. The number of nitrogen functional groups attached to an aromatic ring is 1. The fourth-order valence-electron chi connectivity index (χ4n) is 2.12. The number of aromatic nitrogens is 2. The van der Waals surface area contributed by atoms with E-state index in [4.69, 9.17) is 11.0 Å². The molecule has 104 valence electrons. The summed E-state index contributed by atoms with van der Waals surface area (Å²) >= 11 is 0. The summed E-state index contributed by atoms with van der Waals surface area (Å²) in [6.07, 6.45) is 3.38. The summed E-state index contributed by atoms with van der Waals surface area (Å²) in [6.45, 7) is 2.47. The Morgan fingerprint density at radius 1 is 1.20 bits per heavy atom. The Kier molecular flexibility index (Phi) is 5.01. The molecule has 1 aromatic heterocycles. The van der Waals surface area contributed by atoms with Gasteiger partial charge in [-0.3, -0.25) is 4.68 Å². The lowest BCUT2D eigenvalue weighted by Crippen LogP contribution is -2.26. The van der Waals surface area contributed by atoms with Gasteiger partial charge in [-0.15, -0.1) is 0 Å². The largest absolute Gasteiger partial charge is 0.382 e. The van der Waals surface area contributed by atoms with Gasteiger partial charge in [-0.05, 0) is 24.6 Å². The van der Waals surface area contributed by atoms with Gasteiger partial charge in [-0.2, -0.15) is 10.4 Å². The molecule has 0 bridgehead atoms. The zero-order chi connectivity index (χ0) is 14.2. The van der Waals surface area contributed by atoms with Gasteiger partial charge >= 0.3 is 0 Å². The second-order valence-electron chi connectivity index (χ2n) is 4.59. The summed E-state index contributed by atoms with van der Waals surface area (Å²) in [7, 11) is 0. The first-order valence-electron chi connectivity index (χ1n) is 6.75. The molecule has 20 heavy (non-hydrogen) atoms. The Morgan fingerprint density at radius 3 is 2.65 bits per heavy atom. The molecule has 2 rings (SSSR count). The molecule has 0 unspecified atom stereocenters. The van der Waals surface area contributed by atoms with Gasteiger partial charge in [0.2, 0.25) is 0 Å². The fraction of sp³-hybridized carbons (Fsp3) is 0.333. The Balaban J connectivity index is 1.89. The van der Waals surface area contributed by atoms with Crippen LogP contribution in [0.1, 0.15) is 12.8 Å². The molecule has 0 atom stereocenters. The van der Waals surface area contributed by atoms with Crippen molar-refractivity contribution >= 4 is 11.5 Å². The van der Waals surface area contributed by atoms with Gasteiger partial charge in [0, 0.05) is 31.5 Å². The molecule has 1 aromatic carbocycles. The standard InChI is InChI=1S/C15H19N5/c16-9-4-10-19(14-6-2-1-3-7-14)11-5-12-20-13-8-15(17)18-20/h1-3,6-8,13H,4-5,10-12H2,(H2,17,18). The van der Waals surface area contributed by atoms with Crippen molar-refractivity contribution in [2.24, 2.45) is 0 Å². The van der Waals surface area contributed by atoms with E-state index in [1.807, 2.05) is 29.1 Å².